The van der Waals surface area contributed by atoms with Gasteiger partial charge >= 0.3 is 0 Å². The minimum Gasteiger partial charge on any atom is -0.490 e. The molecule has 1 fully saturated rings. The van der Waals surface area contributed by atoms with E-state index in [1.807, 2.05) is 31.2 Å². The maximum atomic E-state index is 5.93. The van der Waals surface area contributed by atoms with Gasteiger partial charge in [0.2, 0.25) is 0 Å². The highest BCUT2D eigenvalue weighted by Gasteiger charge is 2.24. The number of hydrogen-bond acceptors (Lipinski definition) is 4. The maximum absolute atomic E-state index is 5.93. The van der Waals surface area contributed by atoms with Gasteiger partial charge < -0.3 is 14.8 Å². The molecule has 0 aromatic heterocycles. The van der Waals surface area contributed by atoms with Crippen molar-refractivity contribution in [3.8, 4) is 11.5 Å². The van der Waals surface area contributed by atoms with E-state index in [1.54, 1.807) is 0 Å². The molecule has 1 aliphatic heterocycles. The molecule has 21 heavy (non-hydrogen) atoms. The molecule has 0 saturated carbocycles. The van der Waals surface area contributed by atoms with Crippen molar-refractivity contribution in [3.63, 3.8) is 0 Å². The molecule has 1 aromatic carbocycles. The van der Waals surface area contributed by atoms with Crippen LogP contribution >= 0.6 is 0 Å². The van der Waals surface area contributed by atoms with Gasteiger partial charge in [-0.1, -0.05) is 26.0 Å². The fraction of sp³-hybridized carbons (Fsp3) is 0.647. The first-order valence-electron chi connectivity index (χ1n) is 8.01. The summed E-state index contributed by atoms with van der Waals surface area (Å²) in [5, 5.41) is 3.48. The van der Waals surface area contributed by atoms with Crippen molar-refractivity contribution in [1.29, 1.82) is 0 Å². The molecule has 1 unspecified atom stereocenters. The third-order valence-corrected chi connectivity index (χ3v) is 3.95. The van der Waals surface area contributed by atoms with Crippen molar-refractivity contribution in [1.82, 2.24) is 10.2 Å². The first-order valence-corrected chi connectivity index (χ1v) is 8.01. The Bertz CT molecular complexity index is 423. The Balaban J connectivity index is 1.86. The second-order valence-corrected chi connectivity index (χ2v) is 5.78. The van der Waals surface area contributed by atoms with Crippen LogP contribution in [0.5, 0.6) is 11.5 Å². The van der Waals surface area contributed by atoms with E-state index in [9.17, 15) is 0 Å². The maximum Gasteiger partial charge on any atom is 0.161 e. The first kappa shape index (κ1) is 16.1. The second-order valence-electron chi connectivity index (χ2n) is 5.78. The summed E-state index contributed by atoms with van der Waals surface area (Å²) in [4.78, 5) is 2.53. The zero-order valence-electron chi connectivity index (χ0n) is 13.5. The number of nitrogens with zero attached hydrogens (tertiary/aromatic N) is 1. The van der Waals surface area contributed by atoms with E-state index < -0.39 is 0 Å². The van der Waals surface area contributed by atoms with E-state index in [2.05, 4.69) is 24.1 Å². The van der Waals surface area contributed by atoms with Crippen LogP contribution < -0.4 is 14.8 Å². The molecule has 1 saturated heterocycles. The zero-order valence-corrected chi connectivity index (χ0v) is 13.5. The summed E-state index contributed by atoms with van der Waals surface area (Å²) >= 11 is 0. The minimum absolute atomic E-state index is 0.601. The average molecular weight is 292 g/mol. The quantitative estimate of drug-likeness (QED) is 0.837. The molecule has 1 heterocycles. The van der Waals surface area contributed by atoms with Gasteiger partial charge in [-0.2, -0.15) is 0 Å². The lowest BCUT2D eigenvalue weighted by molar-refractivity contribution is 0.104. The lowest BCUT2D eigenvalue weighted by atomic mass is 10.0. The van der Waals surface area contributed by atoms with Crippen LogP contribution in [0.2, 0.25) is 0 Å². The molecular weight excluding hydrogens is 264 g/mol. The summed E-state index contributed by atoms with van der Waals surface area (Å²) < 4.78 is 11.5. The van der Waals surface area contributed by atoms with Crippen LogP contribution in [-0.4, -0.2) is 50.3 Å². The smallest absolute Gasteiger partial charge is 0.161 e. The molecule has 0 amide bonds. The molecule has 1 aromatic rings. The standard InChI is InChI=1S/C17H28N2O2/c1-4-20-16-7-5-6-8-17(16)21-12-11-19-10-9-18-13-15(19)14(2)3/h5-8,14-15,18H,4,9-13H2,1-3H3. The third-order valence-electron chi connectivity index (χ3n) is 3.95. The Morgan fingerprint density at radius 2 is 1.95 bits per heavy atom. The Labute approximate surface area is 128 Å². The fourth-order valence-electron chi connectivity index (χ4n) is 2.82. The van der Waals surface area contributed by atoms with E-state index in [-0.39, 0.29) is 0 Å². The van der Waals surface area contributed by atoms with Crippen molar-refractivity contribution < 1.29 is 9.47 Å². The molecular formula is C17H28N2O2. The van der Waals surface area contributed by atoms with Crippen LogP contribution in [0.25, 0.3) is 0 Å². The topological polar surface area (TPSA) is 33.7 Å². The van der Waals surface area contributed by atoms with Crippen molar-refractivity contribution in [2.45, 2.75) is 26.8 Å². The number of piperazine rings is 1. The van der Waals surface area contributed by atoms with E-state index in [0.717, 1.165) is 37.7 Å². The Morgan fingerprint density at radius 1 is 1.24 bits per heavy atom. The molecule has 1 N–H and O–H groups in total. The van der Waals surface area contributed by atoms with E-state index >= 15 is 0 Å². The van der Waals surface area contributed by atoms with Gasteiger partial charge in [-0.15, -0.1) is 0 Å². The van der Waals surface area contributed by atoms with Crippen molar-refractivity contribution in [3.05, 3.63) is 24.3 Å². The summed E-state index contributed by atoms with van der Waals surface area (Å²) in [6.07, 6.45) is 0. The molecule has 1 atom stereocenters. The highest BCUT2D eigenvalue weighted by atomic mass is 16.5. The van der Waals surface area contributed by atoms with Gasteiger partial charge in [0, 0.05) is 32.2 Å². The number of nitrogens with one attached hydrogen (secondary N) is 1. The van der Waals surface area contributed by atoms with Crippen molar-refractivity contribution in [2.75, 3.05) is 39.4 Å². The number of benzene rings is 1. The fourth-order valence-corrected chi connectivity index (χ4v) is 2.82. The second kappa shape index (κ2) is 8.25. The van der Waals surface area contributed by atoms with Crippen molar-refractivity contribution >= 4 is 0 Å². The number of hydrogen-bond donors (Lipinski definition) is 1. The van der Waals surface area contributed by atoms with Gasteiger partial charge in [-0.25, -0.2) is 0 Å². The van der Waals surface area contributed by atoms with Gasteiger partial charge in [-0.3, -0.25) is 4.90 Å². The molecule has 1 aliphatic rings. The molecule has 0 bridgehead atoms. The predicted molar refractivity (Wildman–Crippen MR) is 86.2 cm³/mol. The van der Waals surface area contributed by atoms with Gasteiger partial charge in [-0.05, 0) is 25.0 Å². The Kier molecular flexibility index (Phi) is 6.33. The first-order chi connectivity index (χ1) is 10.2. The molecule has 118 valence electrons. The van der Waals surface area contributed by atoms with Gasteiger partial charge in [0.1, 0.15) is 6.61 Å². The molecule has 0 aliphatic carbocycles. The highest BCUT2D eigenvalue weighted by molar-refractivity contribution is 5.39. The number of para-hydroxylation sites is 2. The molecule has 0 radical (unpaired) electrons. The predicted octanol–water partition coefficient (Wildman–Crippen LogP) is 2.39. The van der Waals surface area contributed by atoms with Crippen LogP contribution in [0, 0.1) is 5.92 Å². The van der Waals surface area contributed by atoms with E-state index in [0.29, 0.717) is 25.2 Å². The van der Waals surface area contributed by atoms with Gasteiger partial charge in [0.15, 0.2) is 11.5 Å². The molecule has 2 rings (SSSR count). The minimum atomic E-state index is 0.601. The number of rotatable bonds is 7. The van der Waals surface area contributed by atoms with Gasteiger partial charge in [0.05, 0.1) is 6.61 Å². The van der Waals surface area contributed by atoms with Gasteiger partial charge in [0.25, 0.3) is 0 Å². The molecule has 4 heteroatoms. The summed E-state index contributed by atoms with van der Waals surface area (Å²) in [6.45, 7) is 12.1. The molecule has 0 spiro atoms. The Hall–Kier alpha value is -1.26. The lowest BCUT2D eigenvalue weighted by Gasteiger charge is -2.38. The van der Waals surface area contributed by atoms with E-state index in [4.69, 9.17) is 9.47 Å². The van der Waals surface area contributed by atoms with Crippen LogP contribution in [-0.2, 0) is 0 Å². The highest BCUT2D eigenvalue weighted by Crippen LogP contribution is 2.26. The lowest BCUT2D eigenvalue weighted by Crippen LogP contribution is -2.54. The monoisotopic (exact) mass is 292 g/mol. The summed E-state index contributed by atoms with van der Waals surface area (Å²) in [6, 6.07) is 8.50. The van der Waals surface area contributed by atoms with Crippen LogP contribution in [0.4, 0.5) is 0 Å². The van der Waals surface area contributed by atoms with Crippen LogP contribution in [0.3, 0.4) is 0 Å². The average Bonchev–Trinajstić information content (AvgIpc) is 2.49. The van der Waals surface area contributed by atoms with E-state index in [1.165, 1.54) is 0 Å². The third kappa shape index (κ3) is 4.61. The zero-order chi connectivity index (χ0) is 15.1. The Morgan fingerprint density at radius 3 is 2.62 bits per heavy atom. The normalized spacial score (nSPS) is 19.7. The largest absolute Gasteiger partial charge is 0.490 e. The summed E-state index contributed by atoms with van der Waals surface area (Å²) in [5.74, 6) is 2.34. The SMILES string of the molecule is CCOc1ccccc1OCCN1CCNCC1C(C)C. The van der Waals surface area contributed by atoms with Crippen LogP contribution in [0.1, 0.15) is 20.8 Å². The van der Waals surface area contributed by atoms with Crippen molar-refractivity contribution in [2.24, 2.45) is 5.92 Å². The molecule has 4 nitrogen and oxygen atoms in total. The summed E-state index contributed by atoms with van der Waals surface area (Å²) in [5.41, 5.74) is 0. The summed E-state index contributed by atoms with van der Waals surface area (Å²) in [7, 11) is 0. The number of ether oxygens (including phenoxy) is 2. The van der Waals surface area contributed by atoms with Crippen LogP contribution in [0.15, 0.2) is 24.3 Å².